The van der Waals surface area contributed by atoms with Gasteiger partial charge in [0.1, 0.15) is 0 Å². The Labute approximate surface area is 93.8 Å². The lowest BCUT2D eigenvalue weighted by Gasteiger charge is -2.39. The first-order valence-electron chi connectivity index (χ1n) is 5.79. The topological polar surface area (TPSA) is 29.1 Å². The van der Waals surface area contributed by atoms with Crippen molar-refractivity contribution in [1.29, 1.82) is 0 Å². The molecule has 1 amide bonds. The molecule has 0 aromatic rings. The van der Waals surface area contributed by atoms with Crippen LogP contribution in [0.1, 0.15) is 54.9 Å². The van der Waals surface area contributed by atoms with Crippen LogP contribution < -0.4 is 5.32 Å². The third kappa shape index (κ3) is 2.53. The van der Waals surface area contributed by atoms with Crippen LogP contribution >= 0.6 is 0 Å². The Balaban J connectivity index is 2.60. The Kier molecular flexibility index (Phi) is 2.70. The van der Waals surface area contributed by atoms with Gasteiger partial charge in [-0.15, -0.1) is 0 Å². The molecule has 0 spiro atoms. The molecule has 1 aliphatic rings. The van der Waals surface area contributed by atoms with Gasteiger partial charge in [0.15, 0.2) is 0 Å². The van der Waals surface area contributed by atoms with E-state index in [0.29, 0.717) is 0 Å². The van der Waals surface area contributed by atoms with Crippen LogP contribution in [0.15, 0.2) is 0 Å². The van der Waals surface area contributed by atoms with Crippen molar-refractivity contribution in [3.63, 3.8) is 0 Å². The smallest absolute Gasteiger partial charge is 0.224 e. The summed E-state index contributed by atoms with van der Waals surface area (Å²) in [5.74, 6) is 0.444. The predicted molar refractivity (Wildman–Crippen MR) is 63.6 cm³/mol. The van der Waals surface area contributed by atoms with E-state index in [2.05, 4.69) is 53.8 Å². The van der Waals surface area contributed by atoms with E-state index < -0.39 is 0 Å². The summed E-state index contributed by atoms with van der Waals surface area (Å²) in [5, 5.41) is 3.17. The van der Waals surface area contributed by atoms with Crippen molar-refractivity contribution in [2.75, 3.05) is 0 Å². The minimum atomic E-state index is -0.150. The lowest BCUT2D eigenvalue weighted by atomic mass is 9.76. The van der Waals surface area contributed by atoms with Crippen molar-refractivity contribution in [3.8, 4) is 0 Å². The zero-order valence-electron chi connectivity index (χ0n) is 11.2. The second kappa shape index (κ2) is 3.23. The van der Waals surface area contributed by atoms with Gasteiger partial charge in [-0.1, -0.05) is 34.6 Å². The van der Waals surface area contributed by atoms with Crippen molar-refractivity contribution in [2.45, 2.75) is 60.4 Å². The maximum Gasteiger partial charge on any atom is 0.224 e. The summed E-state index contributed by atoms with van der Waals surface area (Å²) < 4.78 is 0. The lowest BCUT2D eigenvalue weighted by Crippen LogP contribution is -2.53. The van der Waals surface area contributed by atoms with Gasteiger partial charge in [-0.2, -0.15) is 0 Å². The molecule has 0 aliphatic heterocycles. The van der Waals surface area contributed by atoms with E-state index >= 15 is 0 Å². The molecule has 0 aromatic heterocycles. The van der Waals surface area contributed by atoms with Crippen molar-refractivity contribution in [2.24, 2.45) is 16.7 Å². The first-order chi connectivity index (χ1) is 6.47. The SMILES string of the molecule is CC1(C)CC1C(=O)NC(C)(C)C(C)(C)C. The number of amides is 1. The summed E-state index contributed by atoms with van der Waals surface area (Å²) in [5.41, 5.74) is 0.155. The molecule has 0 aromatic carbocycles. The van der Waals surface area contributed by atoms with Crippen molar-refractivity contribution < 1.29 is 4.79 Å². The van der Waals surface area contributed by atoms with Gasteiger partial charge in [-0.3, -0.25) is 4.79 Å². The number of nitrogens with one attached hydrogen (secondary N) is 1. The Morgan fingerprint density at radius 1 is 1.20 bits per heavy atom. The molecule has 1 unspecified atom stereocenters. The number of hydrogen-bond acceptors (Lipinski definition) is 1. The fourth-order valence-electron chi connectivity index (χ4n) is 1.50. The molecule has 1 saturated carbocycles. The second-order valence-electron chi connectivity index (χ2n) is 7.11. The molecular weight excluding hydrogens is 186 g/mol. The number of carbonyl (C=O) groups is 1. The minimum Gasteiger partial charge on any atom is -0.350 e. The van der Waals surface area contributed by atoms with Gasteiger partial charge in [-0.25, -0.2) is 0 Å². The van der Waals surface area contributed by atoms with E-state index in [0.717, 1.165) is 6.42 Å². The Bertz CT molecular complexity index is 271. The molecule has 88 valence electrons. The number of hydrogen-bond donors (Lipinski definition) is 1. The molecule has 1 fully saturated rings. The van der Waals surface area contributed by atoms with Crippen LogP contribution in [-0.2, 0) is 4.79 Å². The monoisotopic (exact) mass is 211 g/mol. The van der Waals surface area contributed by atoms with Gasteiger partial charge < -0.3 is 5.32 Å². The number of carbonyl (C=O) groups excluding carboxylic acids is 1. The average Bonchev–Trinajstić information content (AvgIpc) is 2.56. The highest BCUT2D eigenvalue weighted by molar-refractivity contribution is 5.83. The number of rotatable bonds is 2. The van der Waals surface area contributed by atoms with Gasteiger partial charge in [0, 0.05) is 11.5 Å². The first kappa shape index (κ1) is 12.5. The summed E-state index contributed by atoms with van der Waals surface area (Å²) in [4.78, 5) is 12.0. The van der Waals surface area contributed by atoms with Crippen LogP contribution in [0.4, 0.5) is 0 Å². The first-order valence-corrected chi connectivity index (χ1v) is 5.79. The van der Waals surface area contributed by atoms with E-state index in [1.54, 1.807) is 0 Å². The molecule has 0 radical (unpaired) electrons. The zero-order valence-corrected chi connectivity index (χ0v) is 11.2. The van der Waals surface area contributed by atoms with Gasteiger partial charge in [0.05, 0.1) is 0 Å². The fourth-order valence-corrected chi connectivity index (χ4v) is 1.50. The second-order valence-corrected chi connectivity index (χ2v) is 7.11. The molecule has 1 atom stereocenters. The molecular formula is C13H25NO. The van der Waals surface area contributed by atoms with Crippen LogP contribution in [0.5, 0.6) is 0 Å². The Morgan fingerprint density at radius 3 is 1.87 bits per heavy atom. The maximum absolute atomic E-state index is 12.0. The fraction of sp³-hybridized carbons (Fsp3) is 0.923. The molecule has 1 rings (SSSR count). The van der Waals surface area contributed by atoms with E-state index in [-0.39, 0.29) is 28.2 Å². The highest BCUT2D eigenvalue weighted by atomic mass is 16.2. The molecule has 0 heterocycles. The van der Waals surface area contributed by atoms with E-state index in [1.807, 2.05) is 0 Å². The highest BCUT2D eigenvalue weighted by Gasteiger charge is 2.51. The molecule has 1 aliphatic carbocycles. The largest absolute Gasteiger partial charge is 0.350 e. The molecule has 1 N–H and O–H groups in total. The third-order valence-electron chi connectivity index (χ3n) is 4.14. The van der Waals surface area contributed by atoms with E-state index in [9.17, 15) is 4.79 Å². The van der Waals surface area contributed by atoms with Crippen LogP contribution in [0, 0.1) is 16.7 Å². The van der Waals surface area contributed by atoms with Crippen molar-refractivity contribution in [1.82, 2.24) is 5.32 Å². The minimum absolute atomic E-state index is 0.0850. The van der Waals surface area contributed by atoms with E-state index in [4.69, 9.17) is 0 Å². The van der Waals surface area contributed by atoms with Gasteiger partial charge in [0.25, 0.3) is 0 Å². The highest BCUT2D eigenvalue weighted by Crippen LogP contribution is 2.52. The molecule has 0 saturated heterocycles. The van der Waals surface area contributed by atoms with Gasteiger partial charge in [0.2, 0.25) is 5.91 Å². The summed E-state index contributed by atoms with van der Waals surface area (Å²) in [6, 6.07) is 0. The van der Waals surface area contributed by atoms with Gasteiger partial charge in [-0.05, 0) is 31.1 Å². The van der Waals surface area contributed by atoms with Crippen molar-refractivity contribution >= 4 is 5.91 Å². The third-order valence-corrected chi connectivity index (χ3v) is 4.14. The zero-order chi connectivity index (χ0) is 12.1. The standard InChI is InChI=1S/C13H25NO/c1-11(2,3)13(6,7)14-10(15)9-8-12(9,4)5/h9H,8H2,1-7H3,(H,14,15). The van der Waals surface area contributed by atoms with Crippen LogP contribution in [0.25, 0.3) is 0 Å². The van der Waals surface area contributed by atoms with Gasteiger partial charge >= 0.3 is 0 Å². The predicted octanol–water partition coefficient (Wildman–Crippen LogP) is 2.97. The van der Waals surface area contributed by atoms with E-state index in [1.165, 1.54) is 0 Å². The quantitative estimate of drug-likeness (QED) is 0.747. The van der Waals surface area contributed by atoms with Crippen molar-refractivity contribution in [3.05, 3.63) is 0 Å². The Morgan fingerprint density at radius 2 is 1.60 bits per heavy atom. The maximum atomic E-state index is 12.0. The van der Waals surface area contributed by atoms with Crippen LogP contribution in [0.3, 0.4) is 0 Å². The molecule has 0 bridgehead atoms. The lowest BCUT2D eigenvalue weighted by molar-refractivity contribution is -0.125. The average molecular weight is 211 g/mol. The summed E-state index contributed by atoms with van der Waals surface area (Å²) in [7, 11) is 0. The normalized spacial score (nSPS) is 24.9. The molecule has 2 heteroatoms. The van der Waals surface area contributed by atoms with Crippen LogP contribution in [-0.4, -0.2) is 11.4 Å². The van der Waals surface area contributed by atoms with Crippen LogP contribution in [0.2, 0.25) is 0 Å². The summed E-state index contributed by atoms with van der Waals surface area (Å²) in [6.07, 6.45) is 1.03. The molecule has 2 nitrogen and oxygen atoms in total. The molecule has 15 heavy (non-hydrogen) atoms. The Hall–Kier alpha value is -0.530. The summed E-state index contributed by atoms with van der Waals surface area (Å²) >= 11 is 0. The summed E-state index contributed by atoms with van der Waals surface area (Å²) in [6.45, 7) is 15.0.